The first-order valence-electron chi connectivity index (χ1n) is 7.60. The second-order valence-electron chi connectivity index (χ2n) is 5.28. The summed E-state index contributed by atoms with van der Waals surface area (Å²) < 4.78 is 0. The third kappa shape index (κ3) is 6.40. The topological polar surface area (TPSA) is 61.4 Å². The number of carbonyl (C=O) groups excluding carboxylic acids is 1. The Kier molecular flexibility index (Phi) is 7.07. The summed E-state index contributed by atoms with van der Waals surface area (Å²) in [6.45, 7) is 1.58. The van der Waals surface area contributed by atoms with Crippen molar-refractivity contribution < 1.29 is 9.90 Å². The minimum atomic E-state index is -0.541. The molecular weight excluding hydrogens is 312 g/mol. The Morgan fingerprint density at radius 2 is 1.74 bits per heavy atom. The predicted molar refractivity (Wildman–Crippen MR) is 92.4 cm³/mol. The quantitative estimate of drug-likeness (QED) is 0.650. The van der Waals surface area contributed by atoms with E-state index in [4.69, 9.17) is 11.6 Å². The van der Waals surface area contributed by atoms with Gasteiger partial charge in [-0.05, 0) is 23.3 Å². The van der Waals surface area contributed by atoms with Crippen molar-refractivity contribution in [2.45, 2.75) is 12.5 Å². The van der Waals surface area contributed by atoms with Crippen molar-refractivity contribution in [1.29, 1.82) is 0 Å². The van der Waals surface area contributed by atoms with Gasteiger partial charge in [-0.1, -0.05) is 54.1 Å². The number of aliphatic hydroxyl groups is 1. The highest BCUT2D eigenvalue weighted by molar-refractivity contribution is 6.30. The smallest absolute Gasteiger partial charge is 0.224 e. The first kappa shape index (κ1) is 17.5. The van der Waals surface area contributed by atoms with Crippen LogP contribution in [0.15, 0.2) is 54.6 Å². The van der Waals surface area contributed by atoms with Crippen LogP contribution in [-0.4, -0.2) is 30.6 Å². The van der Waals surface area contributed by atoms with Crippen molar-refractivity contribution in [1.82, 2.24) is 10.6 Å². The van der Waals surface area contributed by atoms with Crippen molar-refractivity contribution in [3.05, 3.63) is 70.7 Å². The van der Waals surface area contributed by atoms with E-state index in [2.05, 4.69) is 10.6 Å². The number of hydrogen-bond acceptors (Lipinski definition) is 3. The maximum Gasteiger partial charge on any atom is 0.224 e. The molecule has 23 heavy (non-hydrogen) atoms. The average Bonchev–Trinajstić information content (AvgIpc) is 2.57. The maximum atomic E-state index is 11.8. The Morgan fingerprint density at radius 1 is 1.04 bits per heavy atom. The summed E-state index contributed by atoms with van der Waals surface area (Å²) >= 11 is 5.81. The van der Waals surface area contributed by atoms with Gasteiger partial charge < -0.3 is 15.7 Å². The molecule has 2 aromatic carbocycles. The van der Waals surface area contributed by atoms with Crippen LogP contribution in [0.4, 0.5) is 0 Å². The number of carbonyl (C=O) groups is 1. The standard InChI is InChI=1S/C18H21ClN2O2/c19-16-8-6-14(7-9-16)12-18(23)21-11-10-20-13-17(22)15-4-2-1-3-5-15/h1-9,17,20,22H,10-13H2,(H,21,23)/t17-/m0/s1. The van der Waals surface area contributed by atoms with Crippen LogP contribution >= 0.6 is 11.6 Å². The molecule has 0 saturated carbocycles. The highest BCUT2D eigenvalue weighted by Gasteiger charge is 2.06. The van der Waals surface area contributed by atoms with Gasteiger partial charge in [0, 0.05) is 24.7 Å². The number of halogens is 1. The monoisotopic (exact) mass is 332 g/mol. The Hall–Kier alpha value is -1.88. The Balaban J connectivity index is 1.60. The van der Waals surface area contributed by atoms with Gasteiger partial charge >= 0.3 is 0 Å². The van der Waals surface area contributed by atoms with Gasteiger partial charge in [-0.3, -0.25) is 4.79 Å². The molecule has 5 heteroatoms. The van der Waals surface area contributed by atoms with Crippen LogP contribution < -0.4 is 10.6 Å². The minimum Gasteiger partial charge on any atom is -0.387 e. The first-order valence-corrected chi connectivity index (χ1v) is 7.98. The molecular formula is C18H21ClN2O2. The third-order valence-corrected chi connectivity index (χ3v) is 3.68. The van der Waals surface area contributed by atoms with Crippen molar-refractivity contribution in [3.63, 3.8) is 0 Å². The molecule has 3 N–H and O–H groups in total. The van der Waals surface area contributed by atoms with Gasteiger partial charge in [-0.15, -0.1) is 0 Å². The van der Waals surface area contributed by atoms with E-state index in [1.807, 2.05) is 42.5 Å². The highest BCUT2D eigenvalue weighted by Crippen LogP contribution is 2.10. The molecule has 0 heterocycles. The molecule has 4 nitrogen and oxygen atoms in total. The van der Waals surface area contributed by atoms with Crippen LogP contribution in [-0.2, 0) is 11.2 Å². The fourth-order valence-electron chi connectivity index (χ4n) is 2.17. The average molecular weight is 333 g/mol. The number of hydrogen-bond donors (Lipinski definition) is 3. The summed E-state index contributed by atoms with van der Waals surface area (Å²) in [6.07, 6.45) is -0.204. The van der Waals surface area contributed by atoms with Crippen LogP contribution in [0.25, 0.3) is 0 Å². The SMILES string of the molecule is O=C(Cc1ccc(Cl)cc1)NCCNC[C@H](O)c1ccccc1. The number of nitrogens with one attached hydrogen (secondary N) is 2. The first-order chi connectivity index (χ1) is 11.1. The number of benzene rings is 2. The molecule has 0 radical (unpaired) electrons. The summed E-state index contributed by atoms with van der Waals surface area (Å²) in [5.41, 5.74) is 1.81. The van der Waals surface area contributed by atoms with Gasteiger partial charge in [0.2, 0.25) is 5.91 Å². The zero-order valence-corrected chi connectivity index (χ0v) is 13.6. The van der Waals surface area contributed by atoms with E-state index >= 15 is 0 Å². The molecule has 122 valence electrons. The van der Waals surface area contributed by atoms with Crippen LogP contribution in [0.1, 0.15) is 17.2 Å². The van der Waals surface area contributed by atoms with E-state index in [1.54, 1.807) is 12.1 Å². The minimum absolute atomic E-state index is 0.0299. The van der Waals surface area contributed by atoms with Crippen molar-refractivity contribution in [2.24, 2.45) is 0 Å². The van der Waals surface area contributed by atoms with Crippen LogP contribution in [0.5, 0.6) is 0 Å². The molecule has 2 rings (SSSR count). The third-order valence-electron chi connectivity index (χ3n) is 3.42. The summed E-state index contributed by atoms with van der Waals surface area (Å²) in [6, 6.07) is 16.7. The van der Waals surface area contributed by atoms with Crippen LogP contribution in [0.3, 0.4) is 0 Å². The van der Waals surface area contributed by atoms with Gasteiger partial charge in [0.15, 0.2) is 0 Å². The van der Waals surface area contributed by atoms with Gasteiger partial charge in [0.25, 0.3) is 0 Å². The van der Waals surface area contributed by atoms with E-state index in [0.29, 0.717) is 31.1 Å². The molecule has 2 aromatic rings. The van der Waals surface area contributed by atoms with Crippen LogP contribution in [0.2, 0.25) is 5.02 Å². The highest BCUT2D eigenvalue weighted by atomic mass is 35.5. The van der Waals surface area contributed by atoms with E-state index < -0.39 is 6.10 Å². The summed E-state index contributed by atoms with van der Waals surface area (Å²) in [4.78, 5) is 11.8. The molecule has 0 aliphatic heterocycles. The van der Waals surface area contributed by atoms with E-state index in [1.165, 1.54) is 0 Å². The number of amides is 1. The lowest BCUT2D eigenvalue weighted by molar-refractivity contribution is -0.120. The lowest BCUT2D eigenvalue weighted by Crippen LogP contribution is -2.34. The largest absolute Gasteiger partial charge is 0.387 e. The molecule has 0 fully saturated rings. The second kappa shape index (κ2) is 9.30. The zero-order chi connectivity index (χ0) is 16.5. The lowest BCUT2D eigenvalue weighted by Gasteiger charge is -2.12. The van der Waals surface area contributed by atoms with Crippen molar-refractivity contribution >= 4 is 17.5 Å². The maximum absolute atomic E-state index is 11.8. The van der Waals surface area contributed by atoms with Gasteiger partial charge in [0.1, 0.15) is 0 Å². The Bertz CT molecular complexity index is 602. The van der Waals surface area contributed by atoms with E-state index in [-0.39, 0.29) is 5.91 Å². The summed E-state index contributed by atoms with van der Waals surface area (Å²) in [5, 5.41) is 16.6. The molecule has 0 aromatic heterocycles. The second-order valence-corrected chi connectivity index (χ2v) is 5.72. The molecule has 0 bridgehead atoms. The summed E-state index contributed by atoms with van der Waals surface area (Å²) in [7, 11) is 0. The number of aliphatic hydroxyl groups excluding tert-OH is 1. The van der Waals surface area contributed by atoms with Crippen LogP contribution in [0, 0.1) is 0 Å². The molecule has 0 aliphatic carbocycles. The normalized spacial score (nSPS) is 11.9. The van der Waals surface area contributed by atoms with Gasteiger partial charge in [-0.2, -0.15) is 0 Å². The van der Waals surface area contributed by atoms with E-state index in [0.717, 1.165) is 11.1 Å². The molecule has 0 saturated heterocycles. The lowest BCUT2D eigenvalue weighted by atomic mass is 10.1. The number of rotatable bonds is 8. The molecule has 1 amide bonds. The molecule has 0 unspecified atom stereocenters. The van der Waals surface area contributed by atoms with Gasteiger partial charge in [-0.25, -0.2) is 0 Å². The Labute approximate surface area is 141 Å². The predicted octanol–water partition coefficient (Wildman–Crippen LogP) is 2.32. The molecule has 0 spiro atoms. The fourth-order valence-corrected chi connectivity index (χ4v) is 2.30. The van der Waals surface area contributed by atoms with Crippen molar-refractivity contribution in [2.75, 3.05) is 19.6 Å². The fraction of sp³-hybridized carbons (Fsp3) is 0.278. The van der Waals surface area contributed by atoms with E-state index in [9.17, 15) is 9.90 Å². The van der Waals surface area contributed by atoms with Gasteiger partial charge in [0.05, 0.1) is 12.5 Å². The molecule has 1 atom stereocenters. The van der Waals surface area contributed by atoms with Crippen molar-refractivity contribution in [3.8, 4) is 0 Å². The molecule has 0 aliphatic rings. The summed E-state index contributed by atoms with van der Waals surface area (Å²) in [5.74, 6) is -0.0299. The Morgan fingerprint density at radius 3 is 2.43 bits per heavy atom. The zero-order valence-electron chi connectivity index (χ0n) is 12.8.